The van der Waals surface area contributed by atoms with Crippen LogP contribution in [-0.4, -0.2) is 22.6 Å². The second kappa shape index (κ2) is 5.73. The van der Waals surface area contributed by atoms with Crippen LogP contribution in [0.1, 0.15) is 52.4 Å². The molecule has 1 N–H and O–H groups in total. The molecule has 0 bridgehead atoms. The lowest BCUT2D eigenvalue weighted by atomic mass is 9.55. The minimum atomic E-state index is -0.994. The average molecular weight is 316 g/mol. The normalized spacial score (nSPS) is 39.3. The van der Waals surface area contributed by atoms with Crippen molar-refractivity contribution in [2.45, 2.75) is 52.4 Å². The molecule has 0 heterocycles. The van der Waals surface area contributed by atoms with Crippen molar-refractivity contribution in [2.75, 3.05) is 0 Å². The molecule has 3 fully saturated rings. The van der Waals surface area contributed by atoms with Crippen molar-refractivity contribution in [1.82, 2.24) is 0 Å². The van der Waals surface area contributed by atoms with E-state index in [4.69, 9.17) is 5.11 Å². The van der Waals surface area contributed by atoms with Gasteiger partial charge in [-0.1, -0.05) is 13.0 Å². The van der Waals surface area contributed by atoms with Crippen LogP contribution in [0.5, 0.6) is 0 Å². The lowest BCUT2D eigenvalue weighted by Crippen LogP contribution is -2.42. The average Bonchev–Trinajstić information content (AvgIpc) is 2.75. The van der Waals surface area contributed by atoms with Crippen LogP contribution in [0.4, 0.5) is 0 Å². The number of hydrogen-bond donors (Lipinski definition) is 1. The van der Waals surface area contributed by atoms with Gasteiger partial charge in [0.2, 0.25) is 0 Å². The first-order valence-electron chi connectivity index (χ1n) is 8.50. The van der Waals surface area contributed by atoms with Crippen LogP contribution in [0, 0.1) is 23.2 Å². The summed E-state index contributed by atoms with van der Waals surface area (Å²) >= 11 is 0. The van der Waals surface area contributed by atoms with Gasteiger partial charge in [-0.25, -0.2) is 4.79 Å². The summed E-state index contributed by atoms with van der Waals surface area (Å²) in [5.74, 6) is 0.759. The maximum atomic E-state index is 12.7. The van der Waals surface area contributed by atoms with E-state index in [-0.39, 0.29) is 11.2 Å². The molecule has 4 atom stereocenters. The van der Waals surface area contributed by atoms with E-state index in [9.17, 15) is 14.4 Å². The van der Waals surface area contributed by atoms with Gasteiger partial charge >= 0.3 is 5.97 Å². The third-order valence-corrected chi connectivity index (χ3v) is 6.35. The lowest BCUT2D eigenvalue weighted by molar-refractivity contribution is -0.131. The molecule has 0 radical (unpaired) electrons. The largest absolute Gasteiger partial charge is 0.478 e. The van der Waals surface area contributed by atoms with Crippen LogP contribution in [0.2, 0.25) is 0 Å². The Labute approximate surface area is 136 Å². The Morgan fingerprint density at radius 1 is 1.22 bits per heavy atom. The summed E-state index contributed by atoms with van der Waals surface area (Å²) in [7, 11) is 0. The predicted molar refractivity (Wildman–Crippen MR) is 85.8 cm³/mol. The van der Waals surface area contributed by atoms with E-state index >= 15 is 0 Å². The summed E-state index contributed by atoms with van der Waals surface area (Å²) in [5, 5.41) is 8.82. The number of rotatable bonds is 2. The number of carbonyl (C=O) groups excluding carboxylic acids is 2. The molecule has 23 heavy (non-hydrogen) atoms. The third-order valence-electron chi connectivity index (χ3n) is 6.35. The zero-order valence-electron chi connectivity index (χ0n) is 13.8. The van der Waals surface area contributed by atoms with Crippen molar-refractivity contribution in [2.24, 2.45) is 23.2 Å². The van der Waals surface area contributed by atoms with Crippen LogP contribution in [0.25, 0.3) is 0 Å². The monoisotopic (exact) mass is 316 g/mol. The van der Waals surface area contributed by atoms with Gasteiger partial charge in [0, 0.05) is 30.9 Å². The zero-order chi connectivity index (χ0) is 16.8. The van der Waals surface area contributed by atoms with E-state index in [0.717, 1.165) is 36.5 Å². The Morgan fingerprint density at radius 3 is 2.65 bits per heavy atom. The number of fused-ring (bicyclic) bond motifs is 3. The summed E-state index contributed by atoms with van der Waals surface area (Å²) < 4.78 is 0. The van der Waals surface area contributed by atoms with E-state index in [1.54, 1.807) is 6.08 Å². The second-order valence-corrected chi connectivity index (χ2v) is 7.62. The molecule has 0 aromatic carbocycles. The summed E-state index contributed by atoms with van der Waals surface area (Å²) in [6.07, 6.45) is 7.38. The number of aliphatic carboxylic acids is 1. The highest BCUT2D eigenvalue weighted by molar-refractivity contribution is 6.01. The molecule has 3 saturated carbocycles. The van der Waals surface area contributed by atoms with E-state index in [0.29, 0.717) is 42.8 Å². The molecule has 0 saturated heterocycles. The first-order chi connectivity index (χ1) is 10.8. The zero-order valence-corrected chi connectivity index (χ0v) is 13.8. The topological polar surface area (TPSA) is 71.4 Å². The molecule has 3 rings (SSSR count). The quantitative estimate of drug-likeness (QED) is 0.793. The van der Waals surface area contributed by atoms with E-state index in [1.165, 1.54) is 0 Å². The van der Waals surface area contributed by atoms with Gasteiger partial charge in [-0.3, -0.25) is 9.59 Å². The van der Waals surface area contributed by atoms with E-state index < -0.39 is 5.97 Å². The number of carbonyl (C=O) groups is 3. The van der Waals surface area contributed by atoms with Crippen molar-refractivity contribution in [3.05, 3.63) is 23.3 Å². The number of carboxylic acids is 1. The lowest BCUT2D eigenvalue weighted by Gasteiger charge is -2.48. The van der Waals surface area contributed by atoms with Crippen molar-refractivity contribution >= 4 is 17.5 Å². The van der Waals surface area contributed by atoms with Crippen molar-refractivity contribution in [3.8, 4) is 0 Å². The molecular formula is C19H24O4. The molecule has 4 nitrogen and oxygen atoms in total. The Bertz CT molecular complexity index is 627. The van der Waals surface area contributed by atoms with Crippen LogP contribution in [-0.2, 0) is 14.4 Å². The number of ketones is 2. The molecule has 0 spiro atoms. The summed E-state index contributed by atoms with van der Waals surface area (Å²) in [6.45, 7) is 4.01. The molecule has 0 amide bonds. The Kier molecular flexibility index (Phi) is 4.03. The number of Topliss-reactive ketones (excluding diaryl/α,β-unsaturated/α-hetero) is 2. The molecule has 0 aromatic rings. The van der Waals surface area contributed by atoms with Crippen LogP contribution < -0.4 is 0 Å². The van der Waals surface area contributed by atoms with Crippen molar-refractivity contribution in [3.63, 3.8) is 0 Å². The fraction of sp³-hybridized carbons (Fsp3) is 0.632. The molecule has 0 aromatic heterocycles. The SMILES string of the molecule is C/C(C=CC(=O)O)=C1/C(=O)C[C@H]2[C@H]3CCC(=O)C[C@@H]3CC[C@]12C. The van der Waals surface area contributed by atoms with Gasteiger partial charge in [-0.15, -0.1) is 0 Å². The van der Waals surface area contributed by atoms with Gasteiger partial charge < -0.3 is 5.11 Å². The fourth-order valence-corrected chi connectivity index (χ4v) is 5.36. The molecular weight excluding hydrogens is 292 g/mol. The summed E-state index contributed by atoms with van der Waals surface area (Å²) in [5.41, 5.74) is 1.45. The standard InChI is InChI=1S/C19H24O4/c1-11(3-6-17(22)23)18-16(21)10-15-14-5-4-13(20)9-12(14)7-8-19(15,18)2/h3,6,12,14-15H,4-5,7-10H2,1-2H3,(H,22,23)/b6-3?,18-11+/t12-,14-,15-,19-/m0/s1. The van der Waals surface area contributed by atoms with Gasteiger partial charge in [-0.05, 0) is 54.9 Å². The first kappa shape index (κ1) is 16.2. The third kappa shape index (κ3) is 2.68. The van der Waals surface area contributed by atoms with Crippen molar-refractivity contribution < 1.29 is 19.5 Å². The number of allylic oxidation sites excluding steroid dienone is 3. The van der Waals surface area contributed by atoms with Gasteiger partial charge in [0.05, 0.1) is 0 Å². The van der Waals surface area contributed by atoms with E-state index in [1.807, 2.05) is 6.92 Å². The molecule has 3 aliphatic carbocycles. The highest BCUT2D eigenvalue weighted by Gasteiger charge is 2.55. The predicted octanol–water partition coefficient (Wildman–Crippen LogP) is 3.32. The number of carboxylic acid groups (broad SMARTS) is 1. The molecule has 4 heteroatoms. The first-order valence-corrected chi connectivity index (χ1v) is 8.50. The van der Waals surface area contributed by atoms with Gasteiger partial charge in [0.1, 0.15) is 5.78 Å². The van der Waals surface area contributed by atoms with Crippen LogP contribution >= 0.6 is 0 Å². The van der Waals surface area contributed by atoms with Crippen molar-refractivity contribution in [1.29, 1.82) is 0 Å². The Hall–Kier alpha value is -1.71. The van der Waals surface area contributed by atoms with Gasteiger partial charge in [0.15, 0.2) is 5.78 Å². The van der Waals surface area contributed by atoms with Gasteiger partial charge in [0.25, 0.3) is 0 Å². The highest BCUT2D eigenvalue weighted by Crippen LogP contribution is 2.60. The maximum absolute atomic E-state index is 12.7. The Morgan fingerprint density at radius 2 is 1.96 bits per heavy atom. The van der Waals surface area contributed by atoms with Crippen LogP contribution in [0.3, 0.4) is 0 Å². The highest BCUT2D eigenvalue weighted by atomic mass is 16.4. The summed E-state index contributed by atoms with van der Waals surface area (Å²) in [4.78, 5) is 35.2. The van der Waals surface area contributed by atoms with E-state index in [2.05, 4.69) is 6.92 Å². The maximum Gasteiger partial charge on any atom is 0.328 e. The molecule has 3 aliphatic rings. The minimum Gasteiger partial charge on any atom is -0.478 e. The molecule has 124 valence electrons. The summed E-state index contributed by atoms with van der Waals surface area (Å²) in [6, 6.07) is 0. The Balaban J connectivity index is 1.95. The smallest absolute Gasteiger partial charge is 0.328 e. The van der Waals surface area contributed by atoms with Crippen LogP contribution in [0.15, 0.2) is 23.3 Å². The minimum absolute atomic E-state index is 0.161. The fourth-order valence-electron chi connectivity index (χ4n) is 5.36. The molecule has 0 aliphatic heterocycles. The molecule has 0 unspecified atom stereocenters. The number of hydrogen-bond acceptors (Lipinski definition) is 3. The second-order valence-electron chi connectivity index (χ2n) is 7.62. The van der Waals surface area contributed by atoms with Gasteiger partial charge in [-0.2, -0.15) is 0 Å².